The molecule has 3 aromatic rings. The number of rotatable bonds is 8. The molecule has 0 aliphatic carbocycles. The Kier molecular flexibility index (Phi) is 6.14. The minimum absolute atomic E-state index is 0.00754. The van der Waals surface area contributed by atoms with Gasteiger partial charge in [0.15, 0.2) is 0 Å². The minimum atomic E-state index is 0.00754. The summed E-state index contributed by atoms with van der Waals surface area (Å²) in [6.45, 7) is 2.70. The van der Waals surface area contributed by atoms with Crippen molar-refractivity contribution in [3.63, 3.8) is 0 Å². The average molecular weight is 349 g/mol. The lowest BCUT2D eigenvalue weighted by molar-refractivity contribution is -0.121. The Labute approximate surface area is 153 Å². The zero-order valence-corrected chi connectivity index (χ0v) is 14.9. The van der Waals surface area contributed by atoms with Crippen LogP contribution in [0.5, 0.6) is 0 Å². The number of hydrogen-bond donors (Lipinski definition) is 1. The van der Waals surface area contributed by atoms with Gasteiger partial charge in [-0.1, -0.05) is 48.0 Å². The van der Waals surface area contributed by atoms with E-state index >= 15 is 0 Å². The summed E-state index contributed by atoms with van der Waals surface area (Å²) in [5, 5.41) is 11.0. The predicted octanol–water partition coefficient (Wildman–Crippen LogP) is 3.73. The quantitative estimate of drug-likeness (QED) is 0.629. The summed E-state index contributed by atoms with van der Waals surface area (Å²) in [5.74, 6) is 0.983. The van der Waals surface area contributed by atoms with Crippen molar-refractivity contribution in [2.24, 2.45) is 0 Å². The molecule has 3 rings (SSSR count). The molecule has 0 bridgehead atoms. The van der Waals surface area contributed by atoms with Crippen molar-refractivity contribution in [2.45, 2.75) is 32.6 Å². The highest BCUT2D eigenvalue weighted by Crippen LogP contribution is 2.18. The molecule has 0 aliphatic heterocycles. The Hall–Kier alpha value is -2.95. The van der Waals surface area contributed by atoms with Crippen molar-refractivity contribution in [3.8, 4) is 11.5 Å². The van der Waals surface area contributed by atoms with Crippen LogP contribution in [0.3, 0.4) is 0 Å². The first-order chi connectivity index (χ1) is 12.7. The third kappa shape index (κ3) is 5.28. The minimum Gasteiger partial charge on any atom is -0.421 e. The summed E-state index contributed by atoms with van der Waals surface area (Å²) >= 11 is 0. The highest BCUT2D eigenvalue weighted by atomic mass is 16.4. The fraction of sp³-hybridized carbons (Fsp3) is 0.286. The Bertz CT molecular complexity index is 826. The van der Waals surface area contributed by atoms with Gasteiger partial charge in [-0.15, -0.1) is 10.2 Å². The molecule has 0 spiro atoms. The van der Waals surface area contributed by atoms with Crippen molar-refractivity contribution < 1.29 is 9.21 Å². The Balaban J connectivity index is 1.38. The molecule has 0 unspecified atom stereocenters. The molecule has 2 aromatic carbocycles. The lowest BCUT2D eigenvalue weighted by Crippen LogP contribution is -2.25. The molecular weight excluding hydrogens is 326 g/mol. The molecule has 1 aromatic heterocycles. The fourth-order valence-corrected chi connectivity index (χ4v) is 2.64. The Morgan fingerprint density at radius 1 is 1.00 bits per heavy atom. The van der Waals surface area contributed by atoms with Crippen LogP contribution < -0.4 is 5.32 Å². The van der Waals surface area contributed by atoms with Gasteiger partial charge in [-0.3, -0.25) is 4.79 Å². The van der Waals surface area contributed by atoms with Crippen molar-refractivity contribution in [1.82, 2.24) is 15.5 Å². The van der Waals surface area contributed by atoms with E-state index in [1.807, 2.05) is 49.4 Å². The van der Waals surface area contributed by atoms with E-state index in [1.165, 1.54) is 11.1 Å². The molecule has 1 amide bonds. The standard InChI is InChI=1S/C21H23N3O2/c1-16-9-11-18(12-10-16)21-24-23-20(26-21)14-13-19(25)22-15-5-8-17-6-3-2-4-7-17/h2-4,6-7,9-12H,5,8,13-15H2,1H3,(H,22,25). The van der Waals surface area contributed by atoms with E-state index < -0.39 is 0 Å². The predicted molar refractivity (Wildman–Crippen MR) is 101 cm³/mol. The number of nitrogens with zero attached hydrogens (tertiary/aromatic N) is 2. The van der Waals surface area contributed by atoms with Crippen LogP contribution in [-0.2, 0) is 17.6 Å². The summed E-state index contributed by atoms with van der Waals surface area (Å²) in [7, 11) is 0. The third-order valence-electron chi connectivity index (χ3n) is 4.14. The highest BCUT2D eigenvalue weighted by molar-refractivity contribution is 5.75. The largest absolute Gasteiger partial charge is 0.421 e. The molecule has 1 heterocycles. The molecule has 26 heavy (non-hydrogen) atoms. The summed E-state index contributed by atoms with van der Waals surface area (Å²) in [6.07, 6.45) is 2.68. The van der Waals surface area contributed by atoms with E-state index in [0.29, 0.717) is 31.2 Å². The maximum atomic E-state index is 11.9. The summed E-state index contributed by atoms with van der Waals surface area (Å²) in [5.41, 5.74) is 3.35. The number of aryl methyl sites for hydroxylation is 3. The van der Waals surface area contributed by atoms with Gasteiger partial charge < -0.3 is 9.73 Å². The van der Waals surface area contributed by atoms with Crippen molar-refractivity contribution in [3.05, 3.63) is 71.6 Å². The van der Waals surface area contributed by atoms with Crippen LogP contribution in [0, 0.1) is 6.92 Å². The van der Waals surface area contributed by atoms with E-state index in [9.17, 15) is 4.79 Å². The lowest BCUT2D eigenvalue weighted by atomic mass is 10.1. The Morgan fingerprint density at radius 3 is 2.54 bits per heavy atom. The SMILES string of the molecule is Cc1ccc(-c2nnc(CCC(=O)NCCCc3ccccc3)o2)cc1. The van der Waals surface area contributed by atoms with Crippen molar-refractivity contribution in [2.75, 3.05) is 6.54 Å². The molecule has 0 radical (unpaired) electrons. The summed E-state index contributed by atoms with van der Waals surface area (Å²) in [6, 6.07) is 18.2. The van der Waals surface area contributed by atoms with Gasteiger partial charge in [-0.25, -0.2) is 0 Å². The molecule has 5 nitrogen and oxygen atoms in total. The van der Waals surface area contributed by atoms with Crippen LogP contribution in [0.1, 0.15) is 29.9 Å². The number of hydrogen-bond acceptors (Lipinski definition) is 4. The molecule has 0 fully saturated rings. The zero-order chi connectivity index (χ0) is 18.2. The molecule has 0 aliphatic rings. The first kappa shape index (κ1) is 17.9. The number of carbonyl (C=O) groups excluding carboxylic acids is 1. The van der Waals surface area contributed by atoms with Crippen molar-refractivity contribution >= 4 is 5.91 Å². The number of aromatic nitrogens is 2. The van der Waals surface area contributed by atoms with Crippen LogP contribution in [0.4, 0.5) is 0 Å². The van der Waals surface area contributed by atoms with E-state index in [4.69, 9.17) is 4.42 Å². The highest BCUT2D eigenvalue weighted by Gasteiger charge is 2.10. The second-order valence-corrected chi connectivity index (χ2v) is 6.31. The molecule has 5 heteroatoms. The monoisotopic (exact) mass is 349 g/mol. The second kappa shape index (κ2) is 8.94. The number of benzene rings is 2. The summed E-state index contributed by atoms with van der Waals surface area (Å²) in [4.78, 5) is 11.9. The van der Waals surface area contributed by atoms with Gasteiger partial charge in [0.05, 0.1) is 0 Å². The molecular formula is C21H23N3O2. The number of amides is 1. The van der Waals surface area contributed by atoms with E-state index in [2.05, 4.69) is 27.6 Å². The summed E-state index contributed by atoms with van der Waals surface area (Å²) < 4.78 is 5.64. The molecule has 0 atom stereocenters. The van der Waals surface area contributed by atoms with Gasteiger partial charge in [0.25, 0.3) is 0 Å². The van der Waals surface area contributed by atoms with Gasteiger partial charge in [0.2, 0.25) is 17.7 Å². The van der Waals surface area contributed by atoms with Crippen molar-refractivity contribution in [1.29, 1.82) is 0 Å². The normalized spacial score (nSPS) is 10.7. The van der Waals surface area contributed by atoms with Crippen LogP contribution in [0.2, 0.25) is 0 Å². The molecule has 0 saturated carbocycles. The van der Waals surface area contributed by atoms with Gasteiger partial charge in [0.1, 0.15) is 0 Å². The van der Waals surface area contributed by atoms with Gasteiger partial charge in [0, 0.05) is 24.9 Å². The van der Waals surface area contributed by atoms with Gasteiger partial charge >= 0.3 is 0 Å². The number of carbonyl (C=O) groups is 1. The van der Waals surface area contributed by atoms with E-state index in [0.717, 1.165) is 18.4 Å². The van der Waals surface area contributed by atoms with Gasteiger partial charge in [-0.05, 0) is 37.5 Å². The van der Waals surface area contributed by atoms with Crippen LogP contribution >= 0.6 is 0 Å². The first-order valence-electron chi connectivity index (χ1n) is 8.91. The maximum Gasteiger partial charge on any atom is 0.247 e. The molecule has 1 N–H and O–H groups in total. The average Bonchev–Trinajstić information content (AvgIpc) is 3.14. The van der Waals surface area contributed by atoms with Crippen LogP contribution in [0.25, 0.3) is 11.5 Å². The second-order valence-electron chi connectivity index (χ2n) is 6.31. The van der Waals surface area contributed by atoms with Crippen LogP contribution in [0.15, 0.2) is 59.0 Å². The molecule has 0 saturated heterocycles. The van der Waals surface area contributed by atoms with Gasteiger partial charge in [-0.2, -0.15) is 0 Å². The maximum absolute atomic E-state index is 11.9. The van der Waals surface area contributed by atoms with E-state index in [-0.39, 0.29) is 5.91 Å². The van der Waals surface area contributed by atoms with E-state index in [1.54, 1.807) is 0 Å². The Morgan fingerprint density at radius 2 is 1.77 bits per heavy atom. The topological polar surface area (TPSA) is 68.0 Å². The molecule has 134 valence electrons. The van der Waals surface area contributed by atoms with Crippen LogP contribution in [-0.4, -0.2) is 22.6 Å². The third-order valence-corrected chi connectivity index (χ3v) is 4.14. The lowest BCUT2D eigenvalue weighted by Gasteiger charge is -2.04. The number of nitrogens with one attached hydrogen (secondary N) is 1. The smallest absolute Gasteiger partial charge is 0.247 e. The zero-order valence-electron chi connectivity index (χ0n) is 14.9. The fourth-order valence-electron chi connectivity index (χ4n) is 2.64. The first-order valence-corrected chi connectivity index (χ1v) is 8.91.